The molecule has 4 aliphatic rings. The van der Waals surface area contributed by atoms with Crippen molar-refractivity contribution in [1.82, 2.24) is 0 Å². The first kappa shape index (κ1) is 8.61. The first-order valence-electron chi connectivity index (χ1n) is 6.72. The van der Waals surface area contributed by atoms with E-state index in [1.165, 1.54) is 32.1 Å². The molecule has 2 fully saturated rings. The van der Waals surface area contributed by atoms with E-state index in [2.05, 4.69) is 24.3 Å². The normalized spacial score (nSPS) is 55.5. The maximum atomic E-state index is 2.60. The molecule has 2 bridgehead atoms. The maximum Gasteiger partial charge on any atom is -0.00783 e. The summed E-state index contributed by atoms with van der Waals surface area (Å²) in [6.07, 6.45) is 18.9. The summed E-state index contributed by atoms with van der Waals surface area (Å²) in [6, 6.07) is 0. The summed E-state index contributed by atoms with van der Waals surface area (Å²) in [7, 11) is 0. The second-order valence-corrected chi connectivity index (χ2v) is 6.30. The summed E-state index contributed by atoms with van der Waals surface area (Å²) in [5.41, 5.74) is 0.627. The summed E-state index contributed by atoms with van der Waals surface area (Å²) in [5.74, 6) is 4.07. The van der Waals surface area contributed by atoms with Crippen LogP contribution in [0.4, 0.5) is 0 Å². The van der Waals surface area contributed by atoms with Gasteiger partial charge in [-0.25, -0.2) is 0 Å². The van der Waals surface area contributed by atoms with Gasteiger partial charge in [0.05, 0.1) is 0 Å². The Balaban J connectivity index is 1.75. The summed E-state index contributed by atoms with van der Waals surface area (Å²) in [5, 5.41) is 0. The molecule has 0 amide bonds. The summed E-state index contributed by atoms with van der Waals surface area (Å²) in [6.45, 7) is 0. The van der Waals surface area contributed by atoms with Crippen molar-refractivity contribution in [3.63, 3.8) is 0 Å². The molecule has 80 valence electrons. The molecule has 0 nitrogen and oxygen atoms in total. The fourth-order valence-corrected chi connectivity index (χ4v) is 4.59. The fourth-order valence-electron chi connectivity index (χ4n) is 4.59. The van der Waals surface area contributed by atoms with Crippen LogP contribution in [-0.4, -0.2) is 0 Å². The summed E-state index contributed by atoms with van der Waals surface area (Å²) < 4.78 is 0. The van der Waals surface area contributed by atoms with Crippen LogP contribution in [0.15, 0.2) is 24.3 Å². The molecule has 0 N–H and O–H groups in total. The lowest BCUT2D eigenvalue weighted by molar-refractivity contribution is 0.200. The Hall–Kier alpha value is -0.520. The van der Waals surface area contributed by atoms with Crippen molar-refractivity contribution >= 4 is 0 Å². The average molecular weight is 200 g/mol. The largest absolute Gasteiger partial charge is 0.0879 e. The van der Waals surface area contributed by atoms with Crippen molar-refractivity contribution in [3.8, 4) is 0 Å². The smallest absolute Gasteiger partial charge is 0.00783 e. The highest BCUT2D eigenvalue weighted by Crippen LogP contribution is 2.61. The molecule has 4 aliphatic carbocycles. The van der Waals surface area contributed by atoms with Crippen LogP contribution in [0.3, 0.4) is 0 Å². The molecule has 0 heteroatoms. The van der Waals surface area contributed by atoms with Crippen molar-refractivity contribution in [2.24, 2.45) is 29.1 Å². The standard InChI is InChI=1S/C15H20/c1-3-12-10-15(7-2-5-13(15)4-1)8-6-11-9-14(11)12/h1-3,7,11-14H,4-6,8-10H2. The van der Waals surface area contributed by atoms with Crippen LogP contribution in [0.1, 0.15) is 38.5 Å². The quantitative estimate of drug-likeness (QED) is 0.519. The second kappa shape index (κ2) is 2.78. The zero-order chi connectivity index (χ0) is 9.88. The summed E-state index contributed by atoms with van der Waals surface area (Å²) >= 11 is 0. The van der Waals surface area contributed by atoms with E-state index in [9.17, 15) is 0 Å². The van der Waals surface area contributed by atoms with E-state index in [1.54, 1.807) is 6.42 Å². The molecule has 5 atom stereocenters. The molecule has 0 aliphatic heterocycles. The molecule has 0 saturated heterocycles. The number of fused-ring (bicyclic) bond motifs is 3. The first-order valence-corrected chi connectivity index (χ1v) is 6.72. The van der Waals surface area contributed by atoms with Gasteiger partial charge in [0.15, 0.2) is 0 Å². The Kier molecular flexibility index (Phi) is 1.60. The van der Waals surface area contributed by atoms with Gasteiger partial charge in [-0.1, -0.05) is 24.3 Å². The van der Waals surface area contributed by atoms with Crippen LogP contribution in [-0.2, 0) is 0 Å². The molecule has 4 rings (SSSR count). The van der Waals surface area contributed by atoms with Crippen molar-refractivity contribution < 1.29 is 0 Å². The van der Waals surface area contributed by atoms with Crippen LogP contribution >= 0.6 is 0 Å². The number of rotatable bonds is 0. The first-order chi connectivity index (χ1) is 7.37. The highest BCUT2D eigenvalue weighted by atomic mass is 14.6. The second-order valence-electron chi connectivity index (χ2n) is 6.30. The van der Waals surface area contributed by atoms with Crippen molar-refractivity contribution in [3.05, 3.63) is 24.3 Å². The van der Waals surface area contributed by atoms with Gasteiger partial charge in [-0.2, -0.15) is 0 Å². The van der Waals surface area contributed by atoms with Gasteiger partial charge in [-0.05, 0) is 67.6 Å². The third-order valence-corrected chi connectivity index (χ3v) is 5.61. The van der Waals surface area contributed by atoms with Crippen LogP contribution in [0, 0.1) is 29.1 Å². The Bertz CT molecular complexity index is 338. The zero-order valence-corrected chi connectivity index (χ0v) is 9.36. The lowest BCUT2D eigenvalue weighted by Crippen LogP contribution is -2.25. The zero-order valence-electron chi connectivity index (χ0n) is 9.36. The minimum Gasteiger partial charge on any atom is -0.0879 e. The summed E-state index contributed by atoms with van der Waals surface area (Å²) in [4.78, 5) is 0. The minimum atomic E-state index is 0.627. The van der Waals surface area contributed by atoms with Gasteiger partial charge in [0.1, 0.15) is 0 Å². The van der Waals surface area contributed by atoms with Crippen molar-refractivity contribution in [2.75, 3.05) is 0 Å². The molecule has 1 spiro atoms. The van der Waals surface area contributed by atoms with E-state index in [0.29, 0.717) is 5.41 Å². The van der Waals surface area contributed by atoms with E-state index < -0.39 is 0 Å². The fraction of sp³-hybridized carbons (Fsp3) is 0.733. The SMILES string of the molecule is C1=CC2CC3(C=CCC3C1)CCC1CC21. The van der Waals surface area contributed by atoms with Gasteiger partial charge in [0, 0.05) is 0 Å². The number of hydrogen-bond acceptors (Lipinski definition) is 0. The molecule has 5 unspecified atom stereocenters. The highest BCUT2D eigenvalue weighted by molar-refractivity contribution is 5.19. The lowest BCUT2D eigenvalue weighted by Gasteiger charge is -2.34. The molecule has 0 aromatic rings. The van der Waals surface area contributed by atoms with E-state index in [4.69, 9.17) is 0 Å². The molecule has 0 heterocycles. The van der Waals surface area contributed by atoms with Gasteiger partial charge in [-0.15, -0.1) is 0 Å². The van der Waals surface area contributed by atoms with Crippen molar-refractivity contribution in [2.45, 2.75) is 38.5 Å². The van der Waals surface area contributed by atoms with Crippen LogP contribution in [0.2, 0.25) is 0 Å². The molecule has 15 heavy (non-hydrogen) atoms. The Morgan fingerprint density at radius 3 is 3.07 bits per heavy atom. The van der Waals surface area contributed by atoms with Gasteiger partial charge in [0.2, 0.25) is 0 Å². The van der Waals surface area contributed by atoms with E-state index >= 15 is 0 Å². The monoisotopic (exact) mass is 200 g/mol. The number of allylic oxidation sites excluding steroid dienone is 4. The molecular formula is C15H20. The molecule has 0 aromatic heterocycles. The van der Waals surface area contributed by atoms with E-state index in [0.717, 1.165) is 23.7 Å². The minimum absolute atomic E-state index is 0.627. The van der Waals surface area contributed by atoms with Crippen molar-refractivity contribution in [1.29, 1.82) is 0 Å². The van der Waals surface area contributed by atoms with Gasteiger partial charge in [-0.3, -0.25) is 0 Å². The lowest BCUT2D eigenvalue weighted by atomic mass is 9.70. The topological polar surface area (TPSA) is 0 Å². The van der Waals surface area contributed by atoms with Crippen LogP contribution < -0.4 is 0 Å². The molecular weight excluding hydrogens is 180 g/mol. The van der Waals surface area contributed by atoms with E-state index in [1.807, 2.05) is 0 Å². The number of hydrogen-bond donors (Lipinski definition) is 0. The predicted octanol–water partition coefficient (Wildman–Crippen LogP) is 3.95. The third kappa shape index (κ3) is 1.14. The maximum absolute atomic E-state index is 2.60. The molecule has 0 radical (unpaired) electrons. The average Bonchev–Trinajstić information content (AvgIpc) is 2.96. The Labute approximate surface area is 92.4 Å². The van der Waals surface area contributed by atoms with Crippen LogP contribution in [0.25, 0.3) is 0 Å². The van der Waals surface area contributed by atoms with E-state index in [-0.39, 0.29) is 0 Å². The molecule has 0 aromatic carbocycles. The van der Waals surface area contributed by atoms with Gasteiger partial charge in [0.25, 0.3) is 0 Å². The molecule has 2 saturated carbocycles. The van der Waals surface area contributed by atoms with Gasteiger partial charge < -0.3 is 0 Å². The third-order valence-electron chi connectivity index (χ3n) is 5.61. The van der Waals surface area contributed by atoms with Crippen LogP contribution in [0.5, 0.6) is 0 Å². The Morgan fingerprint density at radius 1 is 1.13 bits per heavy atom. The highest BCUT2D eigenvalue weighted by Gasteiger charge is 2.51. The Morgan fingerprint density at radius 2 is 2.07 bits per heavy atom. The van der Waals surface area contributed by atoms with Gasteiger partial charge >= 0.3 is 0 Å². The predicted molar refractivity (Wildman–Crippen MR) is 62.4 cm³/mol.